The Hall–Kier alpha value is -1.46. The van der Waals surface area contributed by atoms with E-state index >= 15 is 0 Å². The van der Waals surface area contributed by atoms with E-state index in [1.165, 1.54) is 25.8 Å². The van der Waals surface area contributed by atoms with Crippen molar-refractivity contribution < 1.29 is 0 Å². The number of hydrogen-bond donors (Lipinski definition) is 1. The fourth-order valence-corrected chi connectivity index (χ4v) is 2.77. The van der Waals surface area contributed by atoms with E-state index in [0.29, 0.717) is 6.67 Å². The summed E-state index contributed by atoms with van der Waals surface area (Å²) in [6.07, 6.45) is 3.88. The summed E-state index contributed by atoms with van der Waals surface area (Å²) < 4.78 is 0. The lowest BCUT2D eigenvalue weighted by Crippen LogP contribution is -2.30. The van der Waals surface area contributed by atoms with Crippen LogP contribution in [0.4, 0.5) is 0 Å². The number of nitrogens with zero attached hydrogens (tertiary/aromatic N) is 4. The highest BCUT2D eigenvalue weighted by Crippen LogP contribution is 2.16. The van der Waals surface area contributed by atoms with Crippen LogP contribution in [0.3, 0.4) is 0 Å². The Balaban J connectivity index is 1.47. The van der Waals surface area contributed by atoms with E-state index < -0.39 is 0 Å². The topological polar surface area (TPSA) is 46.0 Å². The van der Waals surface area contributed by atoms with Crippen molar-refractivity contribution in [3.63, 3.8) is 0 Å². The maximum atomic E-state index is 4.43. The third-order valence-electron chi connectivity index (χ3n) is 3.91. The van der Waals surface area contributed by atoms with Gasteiger partial charge in [-0.3, -0.25) is 5.32 Å². The molecule has 19 heavy (non-hydrogen) atoms. The van der Waals surface area contributed by atoms with E-state index in [9.17, 15) is 0 Å². The van der Waals surface area contributed by atoms with Gasteiger partial charge in [0.05, 0.1) is 0 Å². The molecule has 1 saturated heterocycles. The zero-order valence-corrected chi connectivity index (χ0v) is 11.4. The first-order valence-corrected chi connectivity index (χ1v) is 7.04. The van der Waals surface area contributed by atoms with Gasteiger partial charge < -0.3 is 4.90 Å². The second kappa shape index (κ2) is 5.67. The standard InChI is InChI=1S/C14H21N5/c1-18-10-4-5-12(18)8-9-15-11-19-16-13-6-2-3-7-14(13)17-19/h2-3,6-7,12,15H,4-5,8-11H2,1H3. The molecule has 1 unspecified atom stereocenters. The Morgan fingerprint density at radius 1 is 1.26 bits per heavy atom. The summed E-state index contributed by atoms with van der Waals surface area (Å²) in [5.74, 6) is 0. The van der Waals surface area contributed by atoms with E-state index in [4.69, 9.17) is 0 Å². The normalized spacial score (nSPS) is 20.4. The zero-order chi connectivity index (χ0) is 13.1. The molecule has 1 fully saturated rings. The fourth-order valence-electron chi connectivity index (χ4n) is 2.77. The van der Waals surface area contributed by atoms with Crippen LogP contribution in [-0.2, 0) is 6.67 Å². The van der Waals surface area contributed by atoms with Crippen LogP contribution in [0.1, 0.15) is 19.3 Å². The average Bonchev–Trinajstić information content (AvgIpc) is 3.00. The maximum absolute atomic E-state index is 4.43. The van der Waals surface area contributed by atoms with Gasteiger partial charge in [0, 0.05) is 6.04 Å². The first kappa shape index (κ1) is 12.6. The highest BCUT2D eigenvalue weighted by atomic mass is 15.5. The van der Waals surface area contributed by atoms with Crippen molar-refractivity contribution in [3.05, 3.63) is 24.3 Å². The van der Waals surface area contributed by atoms with Crippen molar-refractivity contribution in [2.75, 3.05) is 20.1 Å². The Bertz CT molecular complexity index is 502. The number of rotatable bonds is 5. The van der Waals surface area contributed by atoms with Gasteiger partial charge in [0.2, 0.25) is 0 Å². The Labute approximate surface area is 113 Å². The van der Waals surface area contributed by atoms with Gasteiger partial charge in [-0.15, -0.1) is 0 Å². The lowest BCUT2D eigenvalue weighted by atomic mass is 10.1. The maximum Gasteiger partial charge on any atom is 0.113 e. The van der Waals surface area contributed by atoms with Gasteiger partial charge in [-0.2, -0.15) is 15.0 Å². The van der Waals surface area contributed by atoms with Gasteiger partial charge in [-0.25, -0.2) is 0 Å². The number of nitrogens with one attached hydrogen (secondary N) is 1. The van der Waals surface area contributed by atoms with Gasteiger partial charge in [0.15, 0.2) is 0 Å². The molecule has 0 bridgehead atoms. The van der Waals surface area contributed by atoms with Gasteiger partial charge in [0.25, 0.3) is 0 Å². The Morgan fingerprint density at radius 3 is 2.63 bits per heavy atom. The lowest BCUT2D eigenvalue weighted by Gasteiger charge is -2.19. The van der Waals surface area contributed by atoms with Gasteiger partial charge in [-0.05, 0) is 51.5 Å². The van der Waals surface area contributed by atoms with Crippen LogP contribution in [-0.4, -0.2) is 46.1 Å². The first-order chi connectivity index (χ1) is 9.33. The molecule has 0 spiro atoms. The van der Waals surface area contributed by atoms with Gasteiger partial charge >= 0.3 is 0 Å². The molecule has 2 heterocycles. The summed E-state index contributed by atoms with van der Waals surface area (Å²) >= 11 is 0. The van der Waals surface area contributed by atoms with Crippen molar-refractivity contribution >= 4 is 11.0 Å². The lowest BCUT2D eigenvalue weighted by molar-refractivity contribution is 0.289. The van der Waals surface area contributed by atoms with Crippen LogP contribution in [0.2, 0.25) is 0 Å². The van der Waals surface area contributed by atoms with E-state index in [2.05, 4.69) is 27.5 Å². The molecule has 1 aromatic heterocycles. The summed E-state index contributed by atoms with van der Waals surface area (Å²) in [7, 11) is 2.22. The predicted molar refractivity (Wildman–Crippen MR) is 75.8 cm³/mol. The molecule has 5 heteroatoms. The third kappa shape index (κ3) is 2.93. The Kier molecular flexibility index (Phi) is 3.75. The molecule has 102 valence electrons. The molecule has 5 nitrogen and oxygen atoms in total. The van der Waals surface area contributed by atoms with Crippen molar-refractivity contribution in [3.8, 4) is 0 Å². The third-order valence-corrected chi connectivity index (χ3v) is 3.91. The van der Waals surface area contributed by atoms with Gasteiger partial charge in [-0.1, -0.05) is 12.1 Å². The smallest absolute Gasteiger partial charge is 0.113 e. The van der Waals surface area contributed by atoms with E-state index in [0.717, 1.165) is 23.6 Å². The molecular formula is C14H21N5. The van der Waals surface area contributed by atoms with E-state index in [1.807, 2.05) is 24.3 Å². The van der Waals surface area contributed by atoms with Crippen LogP contribution in [0.5, 0.6) is 0 Å². The second-order valence-electron chi connectivity index (χ2n) is 5.28. The molecule has 0 radical (unpaired) electrons. The number of aromatic nitrogens is 3. The molecule has 0 aliphatic carbocycles. The second-order valence-corrected chi connectivity index (χ2v) is 5.28. The predicted octanol–water partition coefficient (Wildman–Crippen LogP) is 1.46. The largest absolute Gasteiger partial charge is 0.303 e. The first-order valence-electron chi connectivity index (χ1n) is 7.04. The summed E-state index contributed by atoms with van der Waals surface area (Å²) in [5, 5.41) is 12.3. The minimum atomic E-state index is 0.686. The summed E-state index contributed by atoms with van der Waals surface area (Å²) in [4.78, 5) is 4.20. The molecule has 1 aliphatic heterocycles. The minimum Gasteiger partial charge on any atom is -0.303 e. The molecule has 1 aliphatic rings. The van der Waals surface area contributed by atoms with Crippen molar-refractivity contribution in [2.24, 2.45) is 0 Å². The number of likely N-dealkylation sites (tertiary alicyclic amines) is 1. The Morgan fingerprint density at radius 2 is 2.00 bits per heavy atom. The highest BCUT2D eigenvalue weighted by molar-refractivity contribution is 5.72. The minimum absolute atomic E-state index is 0.686. The summed E-state index contributed by atoms with van der Waals surface area (Å²) in [5.41, 5.74) is 1.92. The molecular weight excluding hydrogens is 238 g/mol. The molecule has 1 N–H and O–H groups in total. The molecule has 0 amide bonds. The summed E-state index contributed by atoms with van der Waals surface area (Å²) in [6.45, 7) is 2.95. The SMILES string of the molecule is CN1CCCC1CCNCn1nc2ccccc2n1. The highest BCUT2D eigenvalue weighted by Gasteiger charge is 2.19. The van der Waals surface area contributed by atoms with Crippen LogP contribution in [0.25, 0.3) is 11.0 Å². The quantitative estimate of drug-likeness (QED) is 0.826. The zero-order valence-electron chi connectivity index (χ0n) is 11.4. The van der Waals surface area contributed by atoms with Crippen LogP contribution in [0.15, 0.2) is 24.3 Å². The molecule has 3 rings (SSSR count). The van der Waals surface area contributed by atoms with Gasteiger partial charge in [0.1, 0.15) is 17.7 Å². The number of fused-ring (bicyclic) bond motifs is 1. The van der Waals surface area contributed by atoms with Crippen LogP contribution in [0, 0.1) is 0 Å². The fraction of sp³-hybridized carbons (Fsp3) is 0.571. The molecule has 1 atom stereocenters. The molecule has 0 saturated carbocycles. The average molecular weight is 259 g/mol. The molecule has 2 aromatic rings. The monoisotopic (exact) mass is 259 g/mol. The van der Waals surface area contributed by atoms with Crippen molar-refractivity contribution in [1.29, 1.82) is 0 Å². The van der Waals surface area contributed by atoms with Crippen molar-refractivity contribution in [1.82, 2.24) is 25.2 Å². The molecule has 1 aromatic carbocycles. The van der Waals surface area contributed by atoms with E-state index in [-0.39, 0.29) is 0 Å². The number of benzene rings is 1. The number of hydrogen-bond acceptors (Lipinski definition) is 4. The van der Waals surface area contributed by atoms with Crippen LogP contribution < -0.4 is 5.32 Å². The van der Waals surface area contributed by atoms with Crippen LogP contribution >= 0.6 is 0 Å². The summed E-state index contributed by atoms with van der Waals surface area (Å²) in [6, 6.07) is 8.71. The van der Waals surface area contributed by atoms with Crippen molar-refractivity contribution in [2.45, 2.75) is 32.0 Å². The van der Waals surface area contributed by atoms with E-state index in [1.54, 1.807) is 4.80 Å².